The van der Waals surface area contributed by atoms with Crippen LogP contribution in [0.4, 0.5) is 0 Å². The van der Waals surface area contributed by atoms with Gasteiger partial charge in [-0.3, -0.25) is 4.90 Å². The highest BCUT2D eigenvalue weighted by Gasteiger charge is 2.40. The highest BCUT2D eigenvalue weighted by Crippen LogP contribution is 2.33. The molecule has 0 saturated carbocycles. The lowest BCUT2D eigenvalue weighted by molar-refractivity contribution is -0.0767. The van der Waals surface area contributed by atoms with Gasteiger partial charge in [0, 0.05) is 24.7 Å². The molecule has 0 spiro atoms. The SMILES string of the molecule is CCC1CC(CN)(N(C)C(CC)CC)CCO1. The van der Waals surface area contributed by atoms with Crippen molar-refractivity contribution in [3.63, 3.8) is 0 Å². The molecule has 1 heterocycles. The highest BCUT2D eigenvalue weighted by molar-refractivity contribution is 4.97. The van der Waals surface area contributed by atoms with Crippen molar-refractivity contribution in [3.8, 4) is 0 Å². The molecule has 2 N–H and O–H groups in total. The zero-order valence-electron chi connectivity index (χ0n) is 12.0. The first-order valence-corrected chi connectivity index (χ1v) is 7.18. The zero-order valence-corrected chi connectivity index (χ0v) is 12.0. The molecular formula is C14H30N2O. The molecule has 2 atom stereocenters. The van der Waals surface area contributed by atoms with Crippen molar-refractivity contribution in [3.05, 3.63) is 0 Å². The van der Waals surface area contributed by atoms with Crippen molar-refractivity contribution in [1.82, 2.24) is 4.90 Å². The van der Waals surface area contributed by atoms with E-state index in [1.54, 1.807) is 0 Å². The number of nitrogens with zero attached hydrogens (tertiary/aromatic N) is 1. The van der Waals surface area contributed by atoms with Crippen molar-refractivity contribution >= 4 is 0 Å². The molecule has 0 bridgehead atoms. The molecule has 1 fully saturated rings. The normalized spacial score (nSPS) is 30.2. The average Bonchev–Trinajstić information content (AvgIpc) is 2.39. The third-order valence-corrected chi connectivity index (χ3v) is 4.60. The molecule has 2 unspecified atom stereocenters. The lowest BCUT2D eigenvalue weighted by Crippen LogP contribution is -2.59. The molecule has 17 heavy (non-hydrogen) atoms. The molecule has 0 amide bonds. The maximum absolute atomic E-state index is 6.11. The third-order valence-electron chi connectivity index (χ3n) is 4.60. The van der Waals surface area contributed by atoms with E-state index in [1.807, 2.05) is 0 Å². The van der Waals surface area contributed by atoms with Crippen LogP contribution in [0.3, 0.4) is 0 Å². The van der Waals surface area contributed by atoms with E-state index in [9.17, 15) is 0 Å². The molecule has 3 heteroatoms. The summed E-state index contributed by atoms with van der Waals surface area (Å²) < 4.78 is 5.80. The second-order valence-electron chi connectivity index (χ2n) is 5.36. The van der Waals surface area contributed by atoms with E-state index in [2.05, 4.69) is 32.7 Å². The second-order valence-corrected chi connectivity index (χ2v) is 5.36. The summed E-state index contributed by atoms with van der Waals surface area (Å²) in [6, 6.07) is 0.647. The van der Waals surface area contributed by atoms with Gasteiger partial charge in [-0.1, -0.05) is 20.8 Å². The highest BCUT2D eigenvalue weighted by atomic mass is 16.5. The van der Waals surface area contributed by atoms with Gasteiger partial charge in [0.2, 0.25) is 0 Å². The van der Waals surface area contributed by atoms with Gasteiger partial charge >= 0.3 is 0 Å². The van der Waals surface area contributed by atoms with Crippen LogP contribution in [-0.4, -0.2) is 42.8 Å². The van der Waals surface area contributed by atoms with Crippen molar-refractivity contribution in [2.45, 2.75) is 70.6 Å². The fourth-order valence-corrected chi connectivity index (χ4v) is 3.14. The molecular weight excluding hydrogens is 212 g/mol. The van der Waals surface area contributed by atoms with Gasteiger partial charge in [-0.25, -0.2) is 0 Å². The van der Waals surface area contributed by atoms with Gasteiger partial charge in [0.15, 0.2) is 0 Å². The number of rotatable bonds is 6. The Morgan fingerprint density at radius 2 is 2.00 bits per heavy atom. The number of ether oxygens (including phenoxy) is 1. The van der Waals surface area contributed by atoms with E-state index in [4.69, 9.17) is 10.5 Å². The lowest BCUT2D eigenvalue weighted by Gasteiger charge is -2.49. The van der Waals surface area contributed by atoms with E-state index in [-0.39, 0.29) is 5.54 Å². The van der Waals surface area contributed by atoms with Crippen LogP contribution < -0.4 is 5.73 Å². The molecule has 0 aliphatic carbocycles. The molecule has 102 valence electrons. The molecule has 0 aromatic heterocycles. The van der Waals surface area contributed by atoms with Gasteiger partial charge in [-0.15, -0.1) is 0 Å². The van der Waals surface area contributed by atoms with Crippen LogP contribution in [0.5, 0.6) is 0 Å². The molecule has 1 saturated heterocycles. The summed E-state index contributed by atoms with van der Waals surface area (Å²) in [4.78, 5) is 2.54. The maximum atomic E-state index is 6.11. The molecule has 0 aromatic carbocycles. The average molecular weight is 242 g/mol. The minimum Gasteiger partial charge on any atom is -0.378 e. The zero-order chi connectivity index (χ0) is 12.9. The number of nitrogens with two attached hydrogens (primary N) is 1. The fourth-order valence-electron chi connectivity index (χ4n) is 3.14. The fraction of sp³-hybridized carbons (Fsp3) is 1.00. The van der Waals surface area contributed by atoms with Gasteiger partial charge in [-0.05, 0) is 39.2 Å². The first-order valence-electron chi connectivity index (χ1n) is 7.18. The minimum atomic E-state index is 0.162. The summed E-state index contributed by atoms with van der Waals surface area (Å²) in [5.74, 6) is 0. The van der Waals surface area contributed by atoms with Crippen LogP contribution >= 0.6 is 0 Å². The Balaban J connectivity index is 2.78. The van der Waals surface area contributed by atoms with Gasteiger partial charge in [0.25, 0.3) is 0 Å². The molecule has 1 aliphatic rings. The summed E-state index contributed by atoms with van der Waals surface area (Å²) in [5, 5.41) is 0. The standard InChI is InChI=1S/C14H30N2O/c1-5-12(6-2)16(4)14(11-15)8-9-17-13(7-3)10-14/h12-13H,5-11,15H2,1-4H3. The van der Waals surface area contributed by atoms with E-state index in [0.29, 0.717) is 12.1 Å². The van der Waals surface area contributed by atoms with Crippen LogP contribution in [0.1, 0.15) is 52.9 Å². The number of likely N-dealkylation sites (N-methyl/N-ethyl adjacent to an activating group) is 1. The molecule has 1 rings (SSSR count). The lowest BCUT2D eigenvalue weighted by atomic mass is 9.83. The first-order chi connectivity index (χ1) is 8.13. The van der Waals surface area contributed by atoms with E-state index >= 15 is 0 Å². The maximum Gasteiger partial charge on any atom is 0.0590 e. The number of hydrogen-bond acceptors (Lipinski definition) is 3. The Morgan fingerprint density at radius 3 is 2.47 bits per heavy atom. The summed E-state index contributed by atoms with van der Waals surface area (Å²) in [5.41, 5.74) is 6.27. The van der Waals surface area contributed by atoms with E-state index in [0.717, 1.165) is 32.4 Å². The largest absolute Gasteiger partial charge is 0.378 e. The Bertz CT molecular complexity index is 218. The number of hydrogen-bond donors (Lipinski definition) is 1. The predicted molar refractivity (Wildman–Crippen MR) is 73.2 cm³/mol. The Hall–Kier alpha value is -0.120. The van der Waals surface area contributed by atoms with Gasteiger partial charge < -0.3 is 10.5 Å². The topological polar surface area (TPSA) is 38.5 Å². The van der Waals surface area contributed by atoms with Crippen molar-refractivity contribution in [2.75, 3.05) is 20.2 Å². The smallest absolute Gasteiger partial charge is 0.0590 e. The molecule has 1 aliphatic heterocycles. The van der Waals surface area contributed by atoms with Crippen LogP contribution in [0.15, 0.2) is 0 Å². The van der Waals surface area contributed by atoms with Crippen LogP contribution in [-0.2, 0) is 4.74 Å². The summed E-state index contributed by atoms with van der Waals surface area (Å²) in [6.45, 7) is 8.35. The molecule has 3 nitrogen and oxygen atoms in total. The Kier molecular flexibility index (Phi) is 5.90. The van der Waals surface area contributed by atoms with Gasteiger partial charge in [0.1, 0.15) is 0 Å². The van der Waals surface area contributed by atoms with E-state index < -0.39 is 0 Å². The molecule has 0 radical (unpaired) electrons. The quantitative estimate of drug-likeness (QED) is 0.777. The van der Waals surface area contributed by atoms with E-state index in [1.165, 1.54) is 12.8 Å². The van der Waals surface area contributed by atoms with Crippen LogP contribution in [0.25, 0.3) is 0 Å². The minimum absolute atomic E-state index is 0.162. The first kappa shape index (κ1) is 14.9. The summed E-state index contributed by atoms with van der Waals surface area (Å²) in [7, 11) is 2.25. The summed E-state index contributed by atoms with van der Waals surface area (Å²) in [6.07, 6.45) is 6.06. The van der Waals surface area contributed by atoms with Crippen LogP contribution in [0.2, 0.25) is 0 Å². The van der Waals surface area contributed by atoms with Gasteiger partial charge in [-0.2, -0.15) is 0 Å². The van der Waals surface area contributed by atoms with Crippen molar-refractivity contribution < 1.29 is 4.74 Å². The predicted octanol–water partition coefficient (Wildman–Crippen LogP) is 2.39. The Morgan fingerprint density at radius 1 is 1.35 bits per heavy atom. The second kappa shape index (κ2) is 6.72. The van der Waals surface area contributed by atoms with Gasteiger partial charge in [0.05, 0.1) is 6.10 Å². The van der Waals surface area contributed by atoms with Crippen LogP contribution in [0, 0.1) is 0 Å². The molecule has 0 aromatic rings. The third kappa shape index (κ3) is 3.21. The van der Waals surface area contributed by atoms with Crippen molar-refractivity contribution in [1.29, 1.82) is 0 Å². The monoisotopic (exact) mass is 242 g/mol. The summed E-state index contributed by atoms with van der Waals surface area (Å²) >= 11 is 0. The van der Waals surface area contributed by atoms with Crippen molar-refractivity contribution in [2.24, 2.45) is 5.73 Å². The Labute approximate surface area is 107 Å².